The standard InChI is InChI=1S/C17H19N5O2/c1-10-13(11(2)22(3)21-10)8-16(23)24-9-15-19-14-7-5-4-6-12(14)17(18)20-15/h4-7H,8-9H2,1-3H3,(H2,18,19,20). The lowest BCUT2D eigenvalue weighted by molar-refractivity contribution is -0.144. The van der Waals surface area contributed by atoms with Gasteiger partial charge in [0.05, 0.1) is 17.6 Å². The van der Waals surface area contributed by atoms with Crippen LogP contribution in [0.15, 0.2) is 24.3 Å². The molecule has 0 radical (unpaired) electrons. The molecular weight excluding hydrogens is 306 g/mol. The van der Waals surface area contributed by atoms with Gasteiger partial charge in [-0.2, -0.15) is 5.10 Å². The maximum atomic E-state index is 12.1. The molecule has 0 saturated carbocycles. The first-order valence-corrected chi connectivity index (χ1v) is 7.61. The van der Waals surface area contributed by atoms with E-state index in [4.69, 9.17) is 10.5 Å². The SMILES string of the molecule is Cc1nn(C)c(C)c1CC(=O)OCc1nc(N)c2ccccc2n1. The lowest BCUT2D eigenvalue weighted by Crippen LogP contribution is -2.11. The zero-order valence-corrected chi connectivity index (χ0v) is 13.9. The van der Waals surface area contributed by atoms with Crippen LogP contribution in [0.4, 0.5) is 5.82 Å². The van der Waals surface area contributed by atoms with Gasteiger partial charge < -0.3 is 10.5 Å². The molecule has 0 atom stereocenters. The van der Waals surface area contributed by atoms with E-state index in [9.17, 15) is 4.79 Å². The van der Waals surface area contributed by atoms with Crippen molar-refractivity contribution in [1.29, 1.82) is 0 Å². The molecule has 3 rings (SSSR count). The van der Waals surface area contributed by atoms with Crippen molar-refractivity contribution < 1.29 is 9.53 Å². The number of para-hydroxylation sites is 1. The fourth-order valence-corrected chi connectivity index (χ4v) is 2.63. The van der Waals surface area contributed by atoms with Crippen LogP contribution < -0.4 is 5.73 Å². The summed E-state index contributed by atoms with van der Waals surface area (Å²) in [4.78, 5) is 20.7. The highest BCUT2D eigenvalue weighted by Crippen LogP contribution is 2.18. The quantitative estimate of drug-likeness (QED) is 0.735. The number of aromatic nitrogens is 4. The highest BCUT2D eigenvalue weighted by atomic mass is 16.5. The first-order chi connectivity index (χ1) is 11.5. The van der Waals surface area contributed by atoms with Crippen molar-refractivity contribution in [2.24, 2.45) is 7.05 Å². The highest BCUT2D eigenvalue weighted by Gasteiger charge is 2.15. The number of carbonyl (C=O) groups excluding carboxylic acids is 1. The molecule has 0 spiro atoms. The van der Waals surface area contributed by atoms with E-state index in [2.05, 4.69) is 15.1 Å². The molecule has 0 aliphatic rings. The van der Waals surface area contributed by atoms with Crippen LogP contribution >= 0.6 is 0 Å². The topological polar surface area (TPSA) is 95.9 Å². The Morgan fingerprint density at radius 3 is 2.71 bits per heavy atom. The van der Waals surface area contributed by atoms with Gasteiger partial charge in [0.2, 0.25) is 0 Å². The Morgan fingerprint density at radius 2 is 2.00 bits per heavy atom. The number of esters is 1. The number of hydrogen-bond acceptors (Lipinski definition) is 6. The van der Waals surface area contributed by atoms with E-state index in [1.807, 2.05) is 45.2 Å². The Bertz CT molecular complexity index is 917. The van der Waals surface area contributed by atoms with Gasteiger partial charge in [-0.05, 0) is 26.0 Å². The van der Waals surface area contributed by atoms with Gasteiger partial charge in [-0.3, -0.25) is 9.48 Å². The molecule has 124 valence electrons. The Hall–Kier alpha value is -2.96. The number of aryl methyl sites for hydroxylation is 2. The van der Waals surface area contributed by atoms with Gasteiger partial charge in [0.1, 0.15) is 5.82 Å². The van der Waals surface area contributed by atoms with Gasteiger partial charge in [-0.1, -0.05) is 12.1 Å². The van der Waals surface area contributed by atoms with Crippen LogP contribution in [0.25, 0.3) is 10.9 Å². The van der Waals surface area contributed by atoms with E-state index >= 15 is 0 Å². The average molecular weight is 325 g/mol. The number of fused-ring (bicyclic) bond motifs is 1. The summed E-state index contributed by atoms with van der Waals surface area (Å²) in [6.07, 6.45) is 0.175. The molecule has 0 fully saturated rings. The fourth-order valence-electron chi connectivity index (χ4n) is 2.63. The zero-order chi connectivity index (χ0) is 17.3. The van der Waals surface area contributed by atoms with E-state index in [1.165, 1.54) is 0 Å². The Morgan fingerprint density at radius 1 is 1.25 bits per heavy atom. The normalized spacial score (nSPS) is 11.0. The predicted molar refractivity (Wildman–Crippen MR) is 90.1 cm³/mol. The summed E-state index contributed by atoms with van der Waals surface area (Å²) >= 11 is 0. The monoisotopic (exact) mass is 325 g/mol. The van der Waals surface area contributed by atoms with Crippen LogP contribution in [-0.2, 0) is 29.6 Å². The summed E-state index contributed by atoms with van der Waals surface area (Å²) in [5.74, 6) is 0.425. The predicted octanol–water partition coefficient (Wildman–Crippen LogP) is 1.85. The number of nitrogens with two attached hydrogens (primary N) is 1. The van der Waals surface area contributed by atoms with Crippen LogP contribution in [0, 0.1) is 13.8 Å². The Labute approximate surface area is 139 Å². The van der Waals surface area contributed by atoms with Crippen molar-refractivity contribution in [3.05, 3.63) is 47.0 Å². The lowest BCUT2D eigenvalue weighted by atomic mass is 10.1. The number of benzene rings is 1. The van der Waals surface area contributed by atoms with Gasteiger partial charge in [0.25, 0.3) is 0 Å². The van der Waals surface area contributed by atoms with E-state index < -0.39 is 0 Å². The molecule has 2 N–H and O–H groups in total. The second kappa shape index (κ2) is 6.27. The fraction of sp³-hybridized carbons (Fsp3) is 0.294. The molecular formula is C17H19N5O2. The number of nitrogens with zero attached hydrogens (tertiary/aromatic N) is 4. The summed E-state index contributed by atoms with van der Waals surface area (Å²) in [6.45, 7) is 3.80. The molecule has 0 unspecified atom stereocenters. The maximum absolute atomic E-state index is 12.1. The third-order valence-electron chi connectivity index (χ3n) is 4.02. The van der Waals surface area contributed by atoms with Gasteiger partial charge in [0, 0.05) is 23.7 Å². The minimum atomic E-state index is -0.343. The molecule has 2 aromatic heterocycles. The molecule has 1 aromatic carbocycles. The molecule has 0 aliphatic carbocycles. The summed E-state index contributed by atoms with van der Waals surface area (Å²) in [7, 11) is 1.85. The third-order valence-corrected chi connectivity index (χ3v) is 4.02. The lowest BCUT2D eigenvalue weighted by Gasteiger charge is -2.07. The summed E-state index contributed by atoms with van der Waals surface area (Å²) in [5.41, 5.74) is 9.33. The van der Waals surface area contributed by atoms with Crippen molar-refractivity contribution >= 4 is 22.7 Å². The van der Waals surface area contributed by atoms with Crippen molar-refractivity contribution in [2.45, 2.75) is 26.9 Å². The van der Waals surface area contributed by atoms with Gasteiger partial charge in [-0.25, -0.2) is 9.97 Å². The third kappa shape index (κ3) is 3.05. The summed E-state index contributed by atoms with van der Waals surface area (Å²) < 4.78 is 7.05. The van der Waals surface area contributed by atoms with Crippen molar-refractivity contribution in [3.63, 3.8) is 0 Å². The second-order valence-electron chi connectivity index (χ2n) is 5.65. The molecule has 2 heterocycles. The van der Waals surface area contributed by atoms with Crippen LogP contribution in [-0.4, -0.2) is 25.7 Å². The zero-order valence-electron chi connectivity index (χ0n) is 13.9. The number of rotatable bonds is 4. The van der Waals surface area contributed by atoms with E-state index in [1.54, 1.807) is 4.68 Å². The molecule has 7 nitrogen and oxygen atoms in total. The van der Waals surface area contributed by atoms with Crippen LogP contribution in [0.5, 0.6) is 0 Å². The van der Waals surface area contributed by atoms with Gasteiger partial charge >= 0.3 is 5.97 Å². The molecule has 3 aromatic rings. The largest absolute Gasteiger partial charge is 0.457 e. The number of anilines is 1. The number of ether oxygens (including phenoxy) is 1. The molecule has 0 amide bonds. The van der Waals surface area contributed by atoms with E-state index in [0.29, 0.717) is 11.6 Å². The van der Waals surface area contributed by atoms with Crippen LogP contribution in [0.1, 0.15) is 22.8 Å². The van der Waals surface area contributed by atoms with E-state index in [0.717, 1.165) is 27.9 Å². The average Bonchev–Trinajstić information content (AvgIpc) is 2.79. The minimum absolute atomic E-state index is 0.00771. The van der Waals surface area contributed by atoms with Crippen molar-refractivity contribution in [2.75, 3.05) is 5.73 Å². The smallest absolute Gasteiger partial charge is 0.310 e. The molecule has 7 heteroatoms. The second-order valence-corrected chi connectivity index (χ2v) is 5.65. The summed E-state index contributed by atoms with van der Waals surface area (Å²) in [5, 5.41) is 5.08. The van der Waals surface area contributed by atoms with Gasteiger partial charge in [-0.15, -0.1) is 0 Å². The molecule has 0 bridgehead atoms. The van der Waals surface area contributed by atoms with Crippen LogP contribution in [0.3, 0.4) is 0 Å². The van der Waals surface area contributed by atoms with E-state index in [-0.39, 0.29) is 19.0 Å². The summed E-state index contributed by atoms with van der Waals surface area (Å²) in [6, 6.07) is 7.45. The van der Waals surface area contributed by atoms with Gasteiger partial charge in [0.15, 0.2) is 12.4 Å². The maximum Gasteiger partial charge on any atom is 0.310 e. The highest BCUT2D eigenvalue weighted by molar-refractivity contribution is 5.87. The molecule has 0 saturated heterocycles. The molecule has 24 heavy (non-hydrogen) atoms. The first-order valence-electron chi connectivity index (χ1n) is 7.61. The Balaban J connectivity index is 1.70. The first kappa shape index (κ1) is 15.9. The molecule has 0 aliphatic heterocycles. The number of carbonyl (C=O) groups is 1. The van der Waals surface area contributed by atoms with Crippen molar-refractivity contribution in [1.82, 2.24) is 19.7 Å². The number of hydrogen-bond donors (Lipinski definition) is 1. The number of nitrogen functional groups attached to an aromatic ring is 1. The Kier molecular flexibility index (Phi) is 4.16. The van der Waals surface area contributed by atoms with Crippen molar-refractivity contribution in [3.8, 4) is 0 Å². The minimum Gasteiger partial charge on any atom is -0.457 e. The van der Waals surface area contributed by atoms with Crippen LogP contribution in [0.2, 0.25) is 0 Å².